The fourth-order valence-electron chi connectivity index (χ4n) is 1.68. The average molecular weight is 264 g/mol. The van der Waals surface area contributed by atoms with Gasteiger partial charge in [-0.25, -0.2) is 4.98 Å². The molecule has 84 valence electrons. The van der Waals surface area contributed by atoms with Crippen molar-refractivity contribution in [3.8, 4) is 11.3 Å². The molecule has 6 heteroatoms. The molecule has 4 nitrogen and oxygen atoms in total. The number of aromatic nitrogens is 2. The quantitative estimate of drug-likeness (QED) is 0.653. The normalized spacial score (nSPS) is 10.9. The lowest BCUT2D eigenvalue weighted by molar-refractivity contribution is 1.20. The summed E-state index contributed by atoms with van der Waals surface area (Å²) < 4.78 is 2.19. The van der Waals surface area contributed by atoms with Gasteiger partial charge in [-0.3, -0.25) is 4.40 Å². The van der Waals surface area contributed by atoms with E-state index < -0.39 is 0 Å². The van der Waals surface area contributed by atoms with Gasteiger partial charge in [-0.1, -0.05) is 53.3 Å². The van der Waals surface area contributed by atoms with Gasteiger partial charge in [-0.05, 0) is 5.18 Å². The zero-order valence-corrected chi connectivity index (χ0v) is 10.1. The Morgan fingerprint density at radius 3 is 2.76 bits per heavy atom. The molecule has 0 aliphatic carbocycles. The Morgan fingerprint density at radius 1 is 1.29 bits per heavy atom. The van der Waals surface area contributed by atoms with E-state index in [-0.39, 0.29) is 5.82 Å². The molecule has 0 amide bonds. The Labute approximate surface area is 105 Å². The molecule has 0 radical (unpaired) electrons. The molecule has 0 aliphatic rings. The van der Waals surface area contributed by atoms with Gasteiger partial charge in [0.1, 0.15) is 10.0 Å². The molecule has 0 aliphatic heterocycles. The number of nitrogens with zero attached hydrogens (tertiary/aromatic N) is 3. The van der Waals surface area contributed by atoms with Crippen molar-refractivity contribution >= 4 is 33.7 Å². The molecule has 1 aromatic carbocycles. The van der Waals surface area contributed by atoms with Crippen LogP contribution in [0.1, 0.15) is 0 Å². The van der Waals surface area contributed by atoms with E-state index in [1.807, 2.05) is 30.3 Å². The van der Waals surface area contributed by atoms with Crippen LogP contribution < -0.4 is 0 Å². The zero-order valence-electron chi connectivity index (χ0n) is 8.50. The lowest BCUT2D eigenvalue weighted by Crippen LogP contribution is -1.78. The van der Waals surface area contributed by atoms with Crippen LogP contribution in [0.2, 0.25) is 4.34 Å². The molecule has 0 saturated carbocycles. The molecule has 2 aromatic heterocycles. The highest BCUT2D eigenvalue weighted by Gasteiger charge is 2.16. The number of rotatable bonds is 2. The number of halogens is 1. The summed E-state index contributed by atoms with van der Waals surface area (Å²) in [6.07, 6.45) is 1.65. The molecule has 3 aromatic rings. The van der Waals surface area contributed by atoms with Crippen molar-refractivity contribution in [3.63, 3.8) is 0 Å². The second kappa shape index (κ2) is 3.94. The minimum Gasteiger partial charge on any atom is -0.270 e. The van der Waals surface area contributed by atoms with Gasteiger partial charge >= 0.3 is 0 Å². The number of fused-ring (bicyclic) bond motifs is 1. The van der Waals surface area contributed by atoms with E-state index in [9.17, 15) is 4.91 Å². The number of hydrogen-bond acceptors (Lipinski definition) is 4. The highest BCUT2D eigenvalue weighted by atomic mass is 35.5. The van der Waals surface area contributed by atoms with Gasteiger partial charge in [0.05, 0.1) is 0 Å². The maximum Gasteiger partial charge on any atom is 0.210 e. The van der Waals surface area contributed by atoms with Crippen LogP contribution in [0.15, 0.2) is 41.7 Å². The number of hydrogen-bond donors (Lipinski definition) is 0. The van der Waals surface area contributed by atoms with E-state index in [2.05, 4.69) is 10.2 Å². The Kier molecular flexibility index (Phi) is 2.42. The van der Waals surface area contributed by atoms with Crippen molar-refractivity contribution in [2.75, 3.05) is 0 Å². The SMILES string of the molecule is O=Nc1c(-c2ccccc2)nc2sc(Cl)cn12. The molecule has 0 atom stereocenters. The highest BCUT2D eigenvalue weighted by Crippen LogP contribution is 2.34. The monoisotopic (exact) mass is 263 g/mol. The molecule has 0 spiro atoms. The van der Waals surface area contributed by atoms with Crippen LogP contribution >= 0.6 is 22.9 Å². The number of imidazole rings is 1. The molecule has 0 N–H and O–H groups in total. The van der Waals surface area contributed by atoms with Gasteiger partial charge in [-0.15, -0.1) is 4.91 Å². The fraction of sp³-hybridized carbons (Fsp3) is 0. The predicted octanol–water partition coefficient (Wildman–Crippen LogP) is 4.11. The van der Waals surface area contributed by atoms with Gasteiger partial charge < -0.3 is 0 Å². The summed E-state index contributed by atoms with van der Waals surface area (Å²) in [7, 11) is 0. The van der Waals surface area contributed by atoms with Crippen LogP contribution in [0.3, 0.4) is 0 Å². The van der Waals surface area contributed by atoms with Crippen LogP contribution in [0.4, 0.5) is 5.82 Å². The molecule has 3 rings (SSSR count). The first-order chi connectivity index (χ1) is 8.29. The summed E-state index contributed by atoms with van der Waals surface area (Å²) in [6, 6.07) is 9.48. The number of benzene rings is 1. The summed E-state index contributed by atoms with van der Waals surface area (Å²) >= 11 is 7.18. The lowest BCUT2D eigenvalue weighted by Gasteiger charge is -1.95. The third kappa shape index (κ3) is 1.64. The minimum absolute atomic E-state index is 0.286. The molecule has 0 saturated heterocycles. The minimum atomic E-state index is 0.286. The summed E-state index contributed by atoms with van der Waals surface area (Å²) in [5.74, 6) is 0.286. The highest BCUT2D eigenvalue weighted by molar-refractivity contribution is 7.20. The van der Waals surface area contributed by atoms with Gasteiger partial charge in [0.15, 0.2) is 4.96 Å². The standard InChI is InChI=1S/C11H6ClN3OS/c12-8-6-15-10(14-16)9(13-11(15)17-8)7-4-2-1-3-5-7/h1-6H. The van der Waals surface area contributed by atoms with Crippen LogP contribution in [-0.2, 0) is 0 Å². The third-order valence-electron chi connectivity index (χ3n) is 2.41. The largest absolute Gasteiger partial charge is 0.270 e. The second-order valence-corrected chi connectivity index (χ2v) is 5.07. The van der Waals surface area contributed by atoms with E-state index in [1.165, 1.54) is 11.3 Å². The fourth-order valence-corrected chi connectivity index (χ4v) is 2.70. The molecule has 2 heterocycles. The van der Waals surface area contributed by atoms with Gasteiger partial charge in [0.25, 0.3) is 0 Å². The maximum absolute atomic E-state index is 10.9. The number of nitroso groups, excluding NO2 is 1. The summed E-state index contributed by atoms with van der Waals surface area (Å²) in [4.78, 5) is 16.0. The smallest absolute Gasteiger partial charge is 0.210 e. The second-order valence-electron chi connectivity index (χ2n) is 3.43. The first-order valence-electron chi connectivity index (χ1n) is 4.86. The van der Waals surface area contributed by atoms with Gasteiger partial charge in [0.2, 0.25) is 5.82 Å². The summed E-state index contributed by atoms with van der Waals surface area (Å²) in [5, 5.41) is 3.05. The Hall–Kier alpha value is -1.72. The van der Waals surface area contributed by atoms with Gasteiger partial charge in [0, 0.05) is 11.8 Å². The lowest BCUT2D eigenvalue weighted by atomic mass is 10.1. The van der Waals surface area contributed by atoms with Gasteiger partial charge in [-0.2, -0.15) is 0 Å². The van der Waals surface area contributed by atoms with E-state index in [1.54, 1.807) is 10.6 Å². The van der Waals surface area contributed by atoms with E-state index in [0.29, 0.717) is 15.0 Å². The Bertz CT molecular complexity index is 689. The van der Waals surface area contributed by atoms with Crippen LogP contribution in [0, 0.1) is 4.91 Å². The van der Waals surface area contributed by atoms with E-state index in [4.69, 9.17) is 11.6 Å². The van der Waals surface area contributed by atoms with E-state index in [0.717, 1.165) is 5.56 Å². The van der Waals surface area contributed by atoms with Crippen molar-refractivity contribution in [2.24, 2.45) is 5.18 Å². The Morgan fingerprint density at radius 2 is 2.06 bits per heavy atom. The third-order valence-corrected chi connectivity index (χ3v) is 3.51. The summed E-state index contributed by atoms with van der Waals surface area (Å²) in [5.41, 5.74) is 1.46. The Balaban J connectivity index is 2.30. The van der Waals surface area contributed by atoms with Crippen LogP contribution in [0.25, 0.3) is 16.2 Å². The van der Waals surface area contributed by atoms with Crippen molar-refractivity contribution in [2.45, 2.75) is 0 Å². The maximum atomic E-state index is 10.9. The van der Waals surface area contributed by atoms with E-state index >= 15 is 0 Å². The average Bonchev–Trinajstić information content (AvgIpc) is 2.85. The number of thiazole rings is 1. The van der Waals surface area contributed by atoms with Crippen molar-refractivity contribution < 1.29 is 0 Å². The zero-order chi connectivity index (χ0) is 11.8. The molecule has 0 bridgehead atoms. The topological polar surface area (TPSA) is 46.7 Å². The van der Waals surface area contributed by atoms with Crippen molar-refractivity contribution in [3.05, 3.63) is 45.8 Å². The van der Waals surface area contributed by atoms with Crippen LogP contribution in [0.5, 0.6) is 0 Å². The molecular weight excluding hydrogens is 258 g/mol. The molecular formula is C11H6ClN3OS. The van der Waals surface area contributed by atoms with Crippen molar-refractivity contribution in [1.29, 1.82) is 0 Å². The molecule has 0 unspecified atom stereocenters. The summed E-state index contributed by atoms with van der Waals surface area (Å²) in [6.45, 7) is 0. The first kappa shape index (κ1) is 10.4. The molecule has 17 heavy (non-hydrogen) atoms. The van der Waals surface area contributed by atoms with Crippen molar-refractivity contribution in [1.82, 2.24) is 9.38 Å². The van der Waals surface area contributed by atoms with Crippen LogP contribution in [-0.4, -0.2) is 9.38 Å². The molecule has 0 fully saturated rings. The first-order valence-corrected chi connectivity index (χ1v) is 6.05. The predicted molar refractivity (Wildman–Crippen MR) is 69.0 cm³/mol.